The van der Waals surface area contributed by atoms with Crippen LogP contribution >= 0.6 is 0 Å². The molecule has 144 valence electrons. The number of amides is 1. The van der Waals surface area contributed by atoms with Crippen LogP contribution in [0.1, 0.15) is 18.9 Å². The zero-order valence-corrected chi connectivity index (χ0v) is 15.9. The van der Waals surface area contributed by atoms with E-state index in [2.05, 4.69) is 0 Å². The molecule has 0 saturated heterocycles. The zero-order valence-electron chi connectivity index (χ0n) is 15.9. The molecule has 0 unspecified atom stereocenters. The molecule has 0 heterocycles. The van der Waals surface area contributed by atoms with Crippen molar-refractivity contribution < 1.29 is 19.1 Å². The van der Waals surface area contributed by atoms with Crippen molar-refractivity contribution in [2.75, 3.05) is 13.6 Å². The van der Waals surface area contributed by atoms with E-state index in [-0.39, 0.29) is 12.3 Å². The van der Waals surface area contributed by atoms with E-state index in [4.69, 9.17) is 14.7 Å². The molecule has 0 radical (unpaired) electrons. The summed E-state index contributed by atoms with van der Waals surface area (Å²) in [6.07, 6.45) is 2.16. The van der Waals surface area contributed by atoms with Crippen molar-refractivity contribution in [3.05, 3.63) is 66.2 Å². The number of likely N-dealkylation sites (N-methyl/N-ethyl adjacent to an activating group) is 1. The van der Waals surface area contributed by atoms with Crippen LogP contribution in [0.3, 0.4) is 0 Å². The number of hydrogen-bond donors (Lipinski definition) is 0. The maximum Gasteiger partial charge on any atom is 0.331 e. The van der Waals surface area contributed by atoms with Crippen molar-refractivity contribution in [3.8, 4) is 17.6 Å². The van der Waals surface area contributed by atoms with Gasteiger partial charge in [-0.05, 0) is 42.8 Å². The standard InChI is InChI=1S/C22H22N2O4/c1-17(22(26)24(2)15-7-14-23)27-21(25)13-12-18-8-6-11-20(16-18)28-19-9-4-3-5-10-19/h3-6,8-13,16-17H,7,15H2,1-2H3/b13-12+/t17-/m1/s1. The molecule has 2 aromatic rings. The highest BCUT2D eigenvalue weighted by atomic mass is 16.5. The van der Waals surface area contributed by atoms with Gasteiger partial charge in [0.25, 0.3) is 5.91 Å². The van der Waals surface area contributed by atoms with Crippen LogP contribution in [0.2, 0.25) is 0 Å². The lowest BCUT2D eigenvalue weighted by Crippen LogP contribution is -2.37. The van der Waals surface area contributed by atoms with Gasteiger partial charge in [0.15, 0.2) is 6.10 Å². The Morgan fingerprint density at radius 3 is 2.57 bits per heavy atom. The quantitative estimate of drug-likeness (QED) is 0.516. The lowest BCUT2D eigenvalue weighted by molar-refractivity contribution is -0.154. The van der Waals surface area contributed by atoms with Crippen molar-refractivity contribution in [2.24, 2.45) is 0 Å². The SMILES string of the molecule is C[C@@H](OC(=O)/C=C/c1cccc(Oc2ccccc2)c1)C(=O)N(C)CCC#N. The van der Waals surface area contributed by atoms with Crippen LogP contribution in [0.5, 0.6) is 11.5 Å². The number of carbonyl (C=O) groups excluding carboxylic acids is 2. The first-order chi connectivity index (χ1) is 13.5. The van der Waals surface area contributed by atoms with Crippen molar-refractivity contribution in [1.82, 2.24) is 4.90 Å². The zero-order chi connectivity index (χ0) is 20.4. The van der Waals surface area contributed by atoms with Crippen LogP contribution in [0.4, 0.5) is 0 Å². The van der Waals surface area contributed by atoms with Gasteiger partial charge in [0.05, 0.1) is 12.5 Å². The smallest absolute Gasteiger partial charge is 0.331 e. The molecule has 0 aliphatic carbocycles. The van der Waals surface area contributed by atoms with E-state index in [1.807, 2.05) is 54.6 Å². The second-order valence-corrected chi connectivity index (χ2v) is 6.07. The monoisotopic (exact) mass is 378 g/mol. The lowest BCUT2D eigenvalue weighted by atomic mass is 10.2. The molecule has 0 bridgehead atoms. The van der Waals surface area contributed by atoms with Crippen LogP contribution in [0.25, 0.3) is 6.08 Å². The Bertz CT molecular complexity index is 872. The summed E-state index contributed by atoms with van der Waals surface area (Å²) in [7, 11) is 1.57. The number of nitriles is 1. The van der Waals surface area contributed by atoms with Gasteiger partial charge < -0.3 is 14.4 Å². The number of para-hydroxylation sites is 1. The Morgan fingerprint density at radius 1 is 1.14 bits per heavy atom. The maximum absolute atomic E-state index is 12.1. The fraction of sp³-hybridized carbons (Fsp3) is 0.227. The summed E-state index contributed by atoms with van der Waals surface area (Å²) in [4.78, 5) is 25.4. The molecule has 0 aromatic heterocycles. The molecular weight excluding hydrogens is 356 g/mol. The minimum Gasteiger partial charge on any atom is -0.457 e. The number of carbonyl (C=O) groups is 2. The molecule has 6 heteroatoms. The third-order valence-corrected chi connectivity index (χ3v) is 3.82. The number of ether oxygens (including phenoxy) is 2. The topological polar surface area (TPSA) is 79.6 Å². The van der Waals surface area contributed by atoms with Crippen molar-refractivity contribution in [2.45, 2.75) is 19.4 Å². The molecule has 2 rings (SSSR count). The lowest BCUT2D eigenvalue weighted by Gasteiger charge is -2.19. The Morgan fingerprint density at radius 2 is 1.86 bits per heavy atom. The Labute approximate surface area is 164 Å². The van der Waals surface area contributed by atoms with E-state index in [9.17, 15) is 9.59 Å². The molecule has 1 atom stereocenters. The fourth-order valence-corrected chi connectivity index (χ4v) is 2.37. The second kappa shape index (κ2) is 10.5. The number of benzene rings is 2. The van der Waals surface area contributed by atoms with Gasteiger partial charge in [-0.1, -0.05) is 30.3 Å². The number of hydrogen-bond acceptors (Lipinski definition) is 5. The maximum atomic E-state index is 12.1. The minimum absolute atomic E-state index is 0.226. The summed E-state index contributed by atoms with van der Waals surface area (Å²) in [5, 5.41) is 8.57. The summed E-state index contributed by atoms with van der Waals surface area (Å²) in [6, 6.07) is 18.6. The minimum atomic E-state index is -0.923. The summed E-state index contributed by atoms with van der Waals surface area (Å²) < 4.78 is 10.9. The first kappa shape index (κ1) is 20.7. The molecule has 6 nitrogen and oxygen atoms in total. The molecule has 0 saturated carbocycles. The van der Waals surface area contributed by atoms with E-state index in [1.54, 1.807) is 19.2 Å². The summed E-state index contributed by atoms with van der Waals surface area (Å²) >= 11 is 0. The predicted octanol–water partition coefficient (Wildman–Crippen LogP) is 3.80. The van der Waals surface area contributed by atoms with E-state index in [0.29, 0.717) is 12.3 Å². The number of nitrogens with zero attached hydrogens (tertiary/aromatic N) is 2. The van der Waals surface area contributed by atoms with Crippen LogP contribution in [0.15, 0.2) is 60.7 Å². The average Bonchev–Trinajstić information content (AvgIpc) is 2.71. The van der Waals surface area contributed by atoms with Gasteiger partial charge in [0.1, 0.15) is 11.5 Å². The Hall–Kier alpha value is -3.59. The molecule has 0 aliphatic heterocycles. The van der Waals surface area contributed by atoms with Crippen LogP contribution in [-0.2, 0) is 14.3 Å². The van der Waals surface area contributed by atoms with E-state index >= 15 is 0 Å². The van der Waals surface area contributed by atoms with Gasteiger partial charge in [-0.15, -0.1) is 0 Å². The van der Waals surface area contributed by atoms with E-state index in [0.717, 1.165) is 11.3 Å². The molecule has 1 amide bonds. The normalized spacial score (nSPS) is 11.5. The first-order valence-electron chi connectivity index (χ1n) is 8.83. The van der Waals surface area contributed by atoms with Gasteiger partial charge in [-0.2, -0.15) is 5.26 Å². The third-order valence-electron chi connectivity index (χ3n) is 3.82. The van der Waals surface area contributed by atoms with Crippen molar-refractivity contribution in [3.63, 3.8) is 0 Å². The molecular formula is C22H22N2O4. The summed E-state index contributed by atoms with van der Waals surface area (Å²) in [6.45, 7) is 1.80. The second-order valence-electron chi connectivity index (χ2n) is 6.07. The molecule has 0 fully saturated rings. The molecule has 0 aliphatic rings. The predicted molar refractivity (Wildman–Crippen MR) is 105 cm³/mol. The Balaban J connectivity index is 1.92. The van der Waals surface area contributed by atoms with Gasteiger partial charge in [0.2, 0.25) is 0 Å². The van der Waals surface area contributed by atoms with Crippen molar-refractivity contribution in [1.29, 1.82) is 5.26 Å². The average molecular weight is 378 g/mol. The van der Waals surface area contributed by atoms with E-state index < -0.39 is 12.1 Å². The molecule has 28 heavy (non-hydrogen) atoms. The highest BCUT2D eigenvalue weighted by molar-refractivity contribution is 5.90. The van der Waals surface area contributed by atoms with Crippen LogP contribution < -0.4 is 4.74 Å². The van der Waals surface area contributed by atoms with E-state index in [1.165, 1.54) is 17.9 Å². The van der Waals surface area contributed by atoms with Gasteiger partial charge in [-0.25, -0.2) is 4.79 Å². The molecule has 0 N–H and O–H groups in total. The summed E-state index contributed by atoms with van der Waals surface area (Å²) in [5.41, 5.74) is 0.760. The molecule has 0 spiro atoms. The Kier molecular flexibility index (Phi) is 7.79. The summed E-state index contributed by atoms with van der Waals surface area (Å²) in [5.74, 6) is 0.388. The largest absolute Gasteiger partial charge is 0.457 e. The van der Waals surface area contributed by atoms with Crippen molar-refractivity contribution >= 4 is 18.0 Å². The van der Waals surface area contributed by atoms with Crippen LogP contribution in [-0.4, -0.2) is 36.5 Å². The fourth-order valence-electron chi connectivity index (χ4n) is 2.37. The van der Waals surface area contributed by atoms with Gasteiger partial charge in [-0.3, -0.25) is 4.79 Å². The highest BCUT2D eigenvalue weighted by Crippen LogP contribution is 2.22. The number of esters is 1. The number of rotatable bonds is 8. The van der Waals surface area contributed by atoms with Crippen LogP contribution in [0, 0.1) is 11.3 Å². The van der Waals surface area contributed by atoms with Gasteiger partial charge in [0, 0.05) is 19.7 Å². The van der Waals surface area contributed by atoms with Gasteiger partial charge >= 0.3 is 5.97 Å². The first-order valence-corrected chi connectivity index (χ1v) is 8.83. The highest BCUT2D eigenvalue weighted by Gasteiger charge is 2.20. The third kappa shape index (κ3) is 6.61. The molecule has 2 aromatic carbocycles.